The van der Waals surface area contributed by atoms with Crippen LogP contribution in [0.5, 0.6) is 0 Å². The summed E-state index contributed by atoms with van der Waals surface area (Å²) in [7, 11) is 2.07. The van der Waals surface area contributed by atoms with Gasteiger partial charge < -0.3 is 4.57 Å². The van der Waals surface area contributed by atoms with E-state index >= 15 is 0 Å². The van der Waals surface area contributed by atoms with E-state index in [0.29, 0.717) is 0 Å². The van der Waals surface area contributed by atoms with Crippen molar-refractivity contribution in [3.8, 4) is 11.4 Å². The molecule has 2 nitrogen and oxygen atoms in total. The third-order valence-corrected chi connectivity index (χ3v) is 3.70. The minimum atomic E-state index is 1.02. The Morgan fingerprint density at radius 3 is 2.24 bits per heavy atom. The summed E-state index contributed by atoms with van der Waals surface area (Å²) in [5.41, 5.74) is 3.75. The molecule has 0 radical (unpaired) electrons. The topological polar surface area (TPSA) is 17.8 Å². The molecule has 3 rings (SSSR count). The van der Waals surface area contributed by atoms with Crippen molar-refractivity contribution in [1.82, 2.24) is 9.55 Å². The molecule has 106 valence electrons. The second-order valence-corrected chi connectivity index (χ2v) is 5.37. The summed E-state index contributed by atoms with van der Waals surface area (Å²) in [4.78, 5) is 4.77. The Hall–Kier alpha value is -2.35. The highest BCUT2D eigenvalue weighted by Gasteiger charge is 2.07. The number of aromatic nitrogens is 2. The lowest BCUT2D eigenvalue weighted by Gasteiger charge is -2.00. The number of imidazole rings is 1. The summed E-state index contributed by atoms with van der Waals surface area (Å²) in [6.07, 6.45) is 5.41. The lowest BCUT2D eigenvalue weighted by molar-refractivity contribution is 0.802. The van der Waals surface area contributed by atoms with Crippen LogP contribution < -0.4 is 0 Å². The Balaban J connectivity index is 1.65. The maximum absolute atomic E-state index is 4.77. The molecule has 0 aliphatic carbocycles. The average Bonchev–Trinajstić information content (AvgIpc) is 2.90. The normalized spacial score (nSPS) is 10.7. The Labute approximate surface area is 126 Å². The molecule has 0 bridgehead atoms. The zero-order valence-electron chi connectivity index (χ0n) is 12.4. The van der Waals surface area contributed by atoms with Crippen molar-refractivity contribution in [3.63, 3.8) is 0 Å². The predicted molar refractivity (Wildman–Crippen MR) is 87.1 cm³/mol. The first kappa shape index (κ1) is 13.6. The minimum absolute atomic E-state index is 1.02. The summed E-state index contributed by atoms with van der Waals surface area (Å²) >= 11 is 0. The van der Waals surface area contributed by atoms with Crippen LogP contribution in [-0.2, 0) is 19.9 Å². The molecule has 0 atom stereocenters. The number of rotatable bonds is 5. The van der Waals surface area contributed by atoms with Gasteiger partial charge in [-0.25, -0.2) is 4.98 Å². The lowest BCUT2D eigenvalue weighted by atomic mass is 10.1. The van der Waals surface area contributed by atoms with Gasteiger partial charge in [0.2, 0.25) is 0 Å². The molecule has 0 saturated carbocycles. The van der Waals surface area contributed by atoms with Crippen molar-refractivity contribution in [1.29, 1.82) is 0 Å². The Bertz CT molecular complexity index is 684. The van der Waals surface area contributed by atoms with Gasteiger partial charge in [-0.3, -0.25) is 0 Å². The second kappa shape index (κ2) is 6.40. The highest BCUT2D eigenvalue weighted by atomic mass is 15.0. The summed E-state index contributed by atoms with van der Waals surface area (Å²) in [6, 6.07) is 21.0. The van der Waals surface area contributed by atoms with Crippen molar-refractivity contribution < 1.29 is 0 Å². The lowest BCUT2D eigenvalue weighted by Crippen LogP contribution is -1.90. The average molecular weight is 276 g/mol. The minimum Gasteiger partial charge on any atom is -0.334 e. The molecule has 1 aromatic heterocycles. The molecular weight excluding hydrogens is 256 g/mol. The van der Waals surface area contributed by atoms with Crippen LogP contribution >= 0.6 is 0 Å². The second-order valence-electron chi connectivity index (χ2n) is 5.37. The summed E-state index contributed by atoms with van der Waals surface area (Å²) in [5, 5.41) is 0. The molecule has 0 unspecified atom stereocenters. The van der Waals surface area contributed by atoms with E-state index in [0.717, 1.165) is 25.1 Å². The molecule has 0 fully saturated rings. The van der Waals surface area contributed by atoms with Gasteiger partial charge in [0.25, 0.3) is 0 Å². The molecule has 0 saturated heterocycles. The number of benzene rings is 2. The van der Waals surface area contributed by atoms with Gasteiger partial charge in [-0.2, -0.15) is 0 Å². The van der Waals surface area contributed by atoms with Crippen LogP contribution in [0, 0.1) is 0 Å². The number of nitrogens with zero attached hydrogens (tertiary/aromatic N) is 2. The van der Waals surface area contributed by atoms with E-state index in [4.69, 9.17) is 4.98 Å². The van der Waals surface area contributed by atoms with Gasteiger partial charge in [0.15, 0.2) is 0 Å². The van der Waals surface area contributed by atoms with E-state index in [-0.39, 0.29) is 0 Å². The molecule has 2 aromatic carbocycles. The first-order valence-corrected chi connectivity index (χ1v) is 7.44. The van der Waals surface area contributed by atoms with Crippen LogP contribution in [-0.4, -0.2) is 9.55 Å². The molecule has 0 spiro atoms. The van der Waals surface area contributed by atoms with Gasteiger partial charge in [-0.05, 0) is 24.8 Å². The van der Waals surface area contributed by atoms with Gasteiger partial charge in [0.05, 0.1) is 5.69 Å². The molecule has 0 N–H and O–H groups in total. The number of hydrogen-bond acceptors (Lipinski definition) is 1. The summed E-state index contributed by atoms with van der Waals surface area (Å²) in [5.74, 6) is 1.05. The molecule has 0 aliphatic rings. The molecule has 1 heterocycles. The monoisotopic (exact) mass is 276 g/mol. The maximum atomic E-state index is 4.77. The Kier molecular flexibility index (Phi) is 4.15. The fraction of sp³-hybridized carbons (Fsp3) is 0.211. The molecule has 3 aromatic rings. The van der Waals surface area contributed by atoms with Crippen LogP contribution in [0.4, 0.5) is 0 Å². The van der Waals surface area contributed by atoms with E-state index in [1.165, 1.54) is 16.8 Å². The smallest absolute Gasteiger partial charge is 0.139 e. The highest BCUT2D eigenvalue weighted by Crippen LogP contribution is 2.18. The van der Waals surface area contributed by atoms with E-state index in [1.807, 2.05) is 6.07 Å². The quantitative estimate of drug-likeness (QED) is 0.680. The Morgan fingerprint density at radius 2 is 1.52 bits per heavy atom. The molecular formula is C19H20N2. The molecule has 0 amide bonds. The van der Waals surface area contributed by atoms with Crippen molar-refractivity contribution >= 4 is 0 Å². The van der Waals surface area contributed by atoms with Crippen LogP contribution in [0.15, 0.2) is 66.9 Å². The summed E-state index contributed by atoms with van der Waals surface area (Å²) < 4.78 is 2.12. The molecule has 21 heavy (non-hydrogen) atoms. The first-order valence-electron chi connectivity index (χ1n) is 7.44. The highest BCUT2D eigenvalue weighted by molar-refractivity contribution is 5.55. The molecule has 0 aliphatic heterocycles. The van der Waals surface area contributed by atoms with E-state index in [1.54, 1.807) is 0 Å². The van der Waals surface area contributed by atoms with Gasteiger partial charge in [-0.1, -0.05) is 60.7 Å². The number of aryl methyl sites for hydroxylation is 3. The predicted octanol–water partition coefficient (Wildman–Crippen LogP) is 4.26. The Morgan fingerprint density at radius 1 is 0.857 bits per heavy atom. The number of hydrogen-bond donors (Lipinski definition) is 0. The fourth-order valence-electron chi connectivity index (χ4n) is 2.62. The van der Waals surface area contributed by atoms with E-state index in [9.17, 15) is 0 Å². The zero-order valence-corrected chi connectivity index (χ0v) is 12.4. The molecule has 2 heteroatoms. The first-order chi connectivity index (χ1) is 10.3. The SMILES string of the molecule is Cn1cc(CCCc2ccccc2)nc1-c1ccccc1. The zero-order chi connectivity index (χ0) is 14.5. The largest absolute Gasteiger partial charge is 0.334 e. The van der Waals surface area contributed by atoms with Crippen molar-refractivity contribution in [2.75, 3.05) is 0 Å². The van der Waals surface area contributed by atoms with Crippen molar-refractivity contribution in [2.24, 2.45) is 7.05 Å². The summed E-state index contributed by atoms with van der Waals surface area (Å²) in [6.45, 7) is 0. The van der Waals surface area contributed by atoms with Gasteiger partial charge in [-0.15, -0.1) is 0 Å². The standard InChI is InChI=1S/C19H20N2/c1-21-15-18(14-8-11-16-9-4-2-5-10-16)20-19(21)17-12-6-3-7-13-17/h2-7,9-10,12-13,15H,8,11,14H2,1H3. The third-order valence-electron chi connectivity index (χ3n) is 3.70. The third kappa shape index (κ3) is 3.40. The van der Waals surface area contributed by atoms with Crippen LogP contribution in [0.2, 0.25) is 0 Å². The fourth-order valence-corrected chi connectivity index (χ4v) is 2.62. The van der Waals surface area contributed by atoms with Crippen molar-refractivity contribution in [2.45, 2.75) is 19.3 Å². The van der Waals surface area contributed by atoms with E-state index in [2.05, 4.69) is 72.4 Å². The van der Waals surface area contributed by atoms with Crippen molar-refractivity contribution in [3.05, 3.63) is 78.1 Å². The van der Waals surface area contributed by atoms with Crippen LogP contribution in [0.1, 0.15) is 17.7 Å². The van der Waals surface area contributed by atoms with Crippen LogP contribution in [0.25, 0.3) is 11.4 Å². The van der Waals surface area contributed by atoms with Crippen LogP contribution in [0.3, 0.4) is 0 Å². The maximum Gasteiger partial charge on any atom is 0.139 e. The van der Waals surface area contributed by atoms with E-state index < -0.39 is 0 Å². The van der Waals surface area contributed by atoms with Gasteiger partial charge >= 0.3 is 0 Å². The van der Waals surface area contributed by atoms with Gasteiger partial charge in [0.1, 0.15) is 5.82 Å². The van der Waals surface area contributed by atoms with Gasteiger partial charge in [0, 0.05) is 18.8 Å².